The zero-order valence-electron chi connectivity index (χ0n) is 20.3. The summed E-state index contributed by atoms with van der Waals surface area (Å²) in [6, 6.07) is 3.41. The first kappa shape index (κ1) is 29.9. The van der Waals surface area contributed by atoms with Gasteiger partial charge in [-0.25, -0.2) is 4.79 Å². The molecule has 0 aliphatic rings. The van der Waals surface area contributed by atoms with Crippen LogP contribution in [0.5, 0.6) is 0 Å². The summed E-state index contributed by atoms with van der Waals surface area (Å²) in [5, 5.41) is 4.26. The smallest absolute Gasteiger partial charge is 0.348 e. The molecule has 1 amide bonds. The Morgan fingerprint density at radius 1 is 0.944 bits per heavy atom. The van der Waals surface area contributed by atoms with Crippen LogP contribution in [0, 0.1) is 0 Å². The van der Waals surface area contributed by atoms with Crippen molar-refractivity contribution in [2.75, 3.05) is 20.2 Å². The van der Waals surface area contributed by atoms with Crippen LogP contribution in [0.4, 0.5) is 0 Å². The maximum Gasteiger partial charge on any atom is 0.348 e. The number of methoxy groups -OCH3 is 1. The number of carbonyl (C=O) groups excluding carboxylic acids is 2. The highest BCUT2D eigenvalue weighted by atomic mass is 79.9. The second-order valence-corrected chi connectivity index (χ2v) is 11.1. The summed E-state index contributed by atoms with van der Waals surface area (Å²) >= 11 is 9.13. The van der Waals surface area contributed by atoms with Gasteiger partial charge < -0.3 is 24.9 Å². The predicted octanol–water partition coefficient (Wildman–Crippen LogP) is 4.23. The zero-order chi connectivity index (χ0) is 27.2. The largest absolute Gasteiger partial charge is 0.465 e. The number of thiophene rings is 2. The lowest BCUT2D eigenvalue weighted by atomic mass is 10.3. The molecule has 194 valence electrons. The van der Waals surface area contributed by atoms with Crippen molar-refractivity contribution in [3.63, 3.8) is 0 Å². The van der Waals surface area contributed by atoms with Crippen molar-refractivity contribution in [2.45, 2.75) is 13.8 Å². The third-order valence-electron chi connectivity index (χ3n) is 4.57. The van der Waals surface area contributed by atoms with Crippen LogP contribution in [0.3, 0.4) is 0 Å². The molecule has 0 spiro atoms. The third-order valence-corrected chi connectivity index (χ3v) is 8.06. The number of hydrogen-bond donors (Lipinski definition) is 2. The molecule has 0 fully saturated rings. The van der Waals surface area contributed by atoms with Crippen molar-refractivity contribution in [1.82, 2.24) is 14.5 Å². The lowest BCUT2D eigenvalue weighted by Gasteiger charge is -1.98. The molecule has 0 atom stereocenters. The zero-order valence-corrected chi connectivity index (χ0v) is 25.1. The number of hydrogen-bond acceptors (Lipinski definition) is 8. The Hall–Kier alpha value is -2.32. The van der Waals surface area contributed by atoms with Crippen molar-refractivity contribution < 1.29 is 14.3 Å². The molecule has 4 heterocycles. The standard InChI is InChI=1S/C11H11BrN2O2S.C10H8BrNO3S.C2H7N/c1-3-13-10(15)8-4-6-7(12)5-14(2)11(16)9(6)17-8;1-12-4-6(11)5-3-7(10(14)15-2)16-8(5)9(12)13;1-2-3/h4-5H,3H2,1-2H3,(H,13,15);3-4H,1-2H3;2-3H2,1H3. The number of nitrogens with two attached hydrogens (primary N) is 1. The summed E-state index contributed by atoms with van der Waals surface area (Å²) in [5.74, 6) is -0.558. The Morgan fingerprint density at radius 2 is 1.36 bits per heavy atom. The highest BCUT2D eigenvalue weighted by Crippen LogP contribution is 2.29. The predicted molar refractivity (Wildman–Crippen MR) is 154 cm³/mol. The number of nitrogens with zero attached hydrogens (tertiary/aromatic N) is 2. The second-order valence-electron chi connectivity index (χ2n) is 7.25. The molecule has 4 aromatic rings. The van der Waals surface area contributed by atoms with Crippen LogP contribution in [0.2, 0.25) is 0 Å². The van der Waals surface area contributed by atoms with E-state index in [1.165, 1.54) is 27.6 Å². The number of nitrogens with one attached hydrogen (secondary N) is 1. The summed E-state index contributed by atoms with van der Waals surface area (Å²) in [7, 11) is 4.68. The maximum absolute atomic E-state index is 11.9. The van der Waals surface area contributed by atoms with E-state index in [9.17, 15) is 19.2 Å². The van der Waals surface area contributed by atoms with E-state index in [1.54, 1.807) is 38.6 Å². The number of pyridine rings is 2. The Bertz CT molecular complexity index is 1520. The van der Waals surface area contributed by atoms with Crippen LogP contribution in [-0.2, 0) is 18.8 Å². The van der Waals surface area contributed by atoms with Gasteiger partial charge in [-0.05, 0) is 57.5 Å². The molecule has 0 unspecified atom stereocenters. The minimum Gasteiger partial charge on any atom is -0.465 e. The van der Waals surface area contributed by atoms with Gasteiger partial charge in [-0.3, -0.25) is 14.4 Å². The third kappa shape index (κ3) is 6.71. The molecule has 13 heteroatoms. The summed E-state index contributed by atoms with van der Waals surface area (Å²) in [4.78, 5) is 47.7. The molecular weight excluding hydrogens is 636 g/mol. The first-order chi connectivity index (χ1) is 17.0. The lowest BCUT2D eigenvalue weighted by molar-refractivity contribution is 0.0606. The molecule has 0 saturated carbocycles. The van der Waals surface area contributed by atoms with Crippen LogP contribution in [0.1, 0.15) is 33.2 Å². The molecule has 9 nitrogen and oxygen atoms in total. The van der Waals surface area contributed by atoms with E-state index in [0.717, 1.165) is 37.6 Å². The number of ether oxygens (including phenoxy) is 1. The van der Waals surface area contributed by atoms with Gasteiger partial charge in [-0.15, -0.1) is 22.7 Å². The van der Waals surface area contributed by atoms with Crippen LogP contribution >= 0.6 is 54.5 Å². The Kier molecular flexibility index (Phi) is 11.0. The number of fused-ring (bicyclic) bond motifs is 2. The van der Waals surface area contributed by atoms with Crippen LogP contribution < -0.4 is 22.2 Å². The monoisotopic (exact) mass is 660 g/mol. The molecule has 36 heavy (non-hydrogen) atoms. The van der Waals surface area contributed by atoms with Crippen LogP contribution in [0.15, 0.2) is 43.1 Å². The van der Waals surface area contributed by atoms with E-state index < -0.39 is 5.97 Å². The number of halogens is 2. The average molecular weight is 662 g/mol. The van der Waals surface area contributed by atoms with Gasteiger partial charge in [0.2, 0.25) is 0 Å². The van der Waals surface area contributed by atoms with E-state index in [-0.39, 0.29) is 17.0 Å². The first-order valence-corrected chi connectivity index (χ1v) is 13.9. The van der Waals surface area contributed by atoms with Crippen molar-refractivity contribution >= 4 is 86.6 Å². The molecule has 3 N–H and O–H groups in total. The van der Waals surface area contributed by atoms with Crippen molar-refractivity contribution in [1.29, 1.82) is 0 Å². The average Bonchev–Trinajstić information content (AvgIpc) is 3.48. The minimum absolute atomic E-state index is 0.0799. The van der Waals surface area contributed by atoms with Crippen molar-refractivity contribution in [3.05, 3.63) is 63.9 Å². The SMILES string of the molecule is CCN.CCNC(=O)c1cc2c(Br)cn(C)c(=O)c2s1.COC(=O)c1cc2c(Br)cn(C)c(=O)c2s1. The van der Waals surface area contributed by atoms with Crippen LogP contribution in [-0.4, -0.2) is 41.2 Å². The summed E-state index contributed by atoms with van der Waals surface area (Å²) in [6.07, 6.45) is 3.39. The van der Waals surface area contributed by atoms with Gasteiger partial charge in [-0.1, -0.05) is 6.92 Å². The topological polar surface area (TPSA) is 125 Å². The molecular formula is C23H26Br2N4O5S2. The normalized spacial score (nSPS) is 10.3. The fraction of sp³-hybridized carbons (Fsp3) is 0.304. The highest BCUT2D eigenvalue weighted by molar-refractivity contribution is 9.11. The summed E-state index contributed by atoms with van der Waals surface area (Å²) in [6.45, 7) is 5.09. The van der Waals surface area contributed by atoms with E-state index in [0.29, 0.717) is 25.7 Å². The van der Waals surface area contributed by atoms with Gasteiger partial charge in [-0.2, -0.15) is 0 Å². The minimum atomic E-state index is -0.421. The number of rotatable bonds is 3. The quantitative estimate of drug-likeness (QED) is 0.317. The molecule has 0 bridgehead atoms. The number of carbonyl (C=O) groups is 2. The van der Waals surface area contributed by atoms with Gasteiger partial charge in [0.05, 0.1) is 12.0 Å². The Morgan fingerprint density at radius 3 is 1.78 bits per heavy atom. The fourth-order valence-corrected chi connectivity index (χ4v) is 6.58. The lowest BCUT2D eigenvalue weighted by Crippen LogP contribution is -2.21. The molecule has 0 aliphatic carbocycles. The van der Waals surface area contributed by atoms with Crippen LogP contribution in [0.25, 0.3) is 20.2 Å². The molecule has 0 radical (unpaired) electrons. The number of amides is 1. The number of aryl methyl sites for hydroxylation is 2. The summed E-state index contributed by atoms with van der Waals surface area (Å²) < 4.78 is 10.4. The van der Waals surface area contributed by atoms with Crippen molar-refractivity contribution in [3.8, 4) is 0 Å². The molecule has 4 aromatic heterocycles. The molecule has 0 aromatic carbocycles. The van der Waals surface area contributed by atoms with E-state index in [1.807, 2.05) is 13.8 Å². The number of aromatic nitrogens is 2. The van der Waals surface area contributed by atoms with Gasteiger partial charge in [0.15, 0.2) is 0 Å². The van der Waals surface area contributed by atoms with Crippen molar-refractivity contribution in [2.24, 2.45) is 19.8 Å². The van der Waals surface area contributed by atoms with Gasteiger partial charge in [0.1, 0.15) is 14.3 Å². The molecule has 0 aliphatic heterocycles. The second kappa shape index (κ2) is 13.3. The summed E-state index contributed by atoms with van der Waals surface area (Å²) in [5.41, 5.74) is 4.65. The fourth-order valence-electron chi connectivity index (χ4n) is 2.93. The van der Waals surface area contributed by atoms with Gasteiger partial charge in [0, 0.05) is 52.8 Å². The van der Waals surface area contributed by atoms with Gasteiger partial charge in [0.25, 0.3) is 17.0 Å². The maximum atomic E-state index is 11.9. The van der Waals surface area contributed by atoms with Gasteiger partial charge >= 0.3 is 5.97 Å². The Balaban J connectivity index is 0.000000229. The van der Waals surface area contributed by atoms with E-state index >= 15 is 0 Å². The first-order valence-electron chi connectivity index (χ1n) is 10.6. The van der Waals surface area contributed by atoms with E-state index in [4.69, 9.17) is 5.73 Å². The number of esters is 1. The van der Waals surface area contributed by atoms with E-state index in [2.05, 4.69) is 41.9 Å². The molecule has 4 rings (SSSR count). The Labute approximate surface area is 232 Å². The molecule has 0 saturated heterocycles. The highest BCUT2D eigenvalue weighted by Gasteiger charge is 2.16.